The zero-order valence-corrected chi connectivity index (χ0v) is 16.0. The van der Waals surface area contributed by atoms with E-state index in [4.69, 9.17) is 0 Å². The van der Waals surface area contributed by atoms with E-state index in [1.807, 2.05) is 0 Å². The van der Waals surface area contributed by atoms with Crippen molar-refractivity contribution < 1.29 is 13.2 Å². The maximum Gasteiger partial charge on any atom is 0.263 e. The van der Waals surface area contributed by atoms with E-state index < -0.39 is 10.0 Å². The summed E-state index contributed by atoms with van der Waals surface area (Å²) in [5.74, 6) is 0.204. The van der Waals surface area contributed by atoms with Crippen molar-refractivity contribution in [2.24, 2.45) is 4.99 Å². The molecule has 0 aromatic heterocycles. The summed E-state index contributed by atoms with van der Waals surface area (Å²) in [5, 5.41) is 6.03. The number of nitrogens with one attached hydrogen (secondary N) is 3. The molecule has 1 aromatic carbocycles. The number of aliphatic imine (C=N–C) groups is 1. The van der Waals surface area contributed by atoms with Crippen LogP contribution >= 0.6 is 12.4 Å². The number of amidine groups is 1. The molecule has 1 heterocycles. The van der Waals surface area contributed by atoms with Crippen LogP contribution < -0.4 is 15.4 Å². The lowest BCUT2D eigenvalue weighted by Crippen LogP contribution is -2.33. The smallest absolute Gasteiger partial charge is 0.263 e. The second-order valence-corrected chi connectivity index (χ2v) is 7.38. The fourth-order valence-corrected chi connectivity index (χ4v) is 3.67. The van der Waals surface area contributed by atoms with Crippen molar-refractivity contribution >= 4 is 34.2 Å². The number of fused-ring (bicyclic) bond motifs is 1. The first-order valence-corrected chi connectivity index (χ1v) is 9.59. The Kier molecular flexibility index (Phi) is 8.34. The van der Waals surface area contributed by atoms with Gasteiger partial charge in [0.2, 0.25) is 5.91 Å². The van der Waals surface area contributed by atoms with Crippen LogP contribution in [0.1, 0.15) is 32.3 Å². The summed E-state index contributed by atoms with van der Waals surface area (Å²) in [4.78, 5) is 16.5. The predicted molar refractivity (Wildman–Crippen MR) is 101 cm³/mol. The third-order valence-corrected chi connectivity index (χ3v) is 4.94. The van der Waals surface area contributed by atoms with Gasteiger partial charge in [0.25, 0.3) is 10.0 Å². The number of sulfonamides is 1. The monoisotopic (exact) mass is 388 g/mol. The molecule has 1 aliphatic heterocycles. The Bertz CT molecular complexity index is 722. The highest BCUT2D eigenvalue weighted by atomic mass is 35.5. The van der Waals surface area contributed by atoms with Gasteiger partial charge >= 0.3 is 0 Å². The van der Waals surface area contributed by atoms with Crippen molar-refractivity contribution in [2.75, 3.05) is 19.6 Å². The molecule has 0 saturated carbocycles. The van der Waals surface area contributed by atoms with E-state index in [-0.39, 0.29) is 35.7 Å². The Morgan fingerprint density at radius 2 is 1.96 bits per heavy atom. The fraction of sp³-hybridized carbons (Fsp3) is 0.500. The van der Waals surface area contributed by atoms with Gasteiger partial charge in [-0.1, -0.05) is 19.1 Å². The molecule has 3 N–H and O–H groups in total. The number of nitrogens with zero attached hydrogens (tertiary/aromatic N) is 1. The standard InChI is InChI=1S/C16H24N4O3S.ClH/c1-3-8-17-9-10-18-15(21)11-12(2)19-16-13-6-4-5-7-14(13)24(22,23)20-16;/h4-7,12,17H,3,8-11H2,1-2H3,(H,18,21)(H,19,20);1H. The average molecular weight is 389 g/mol. The lowest BCUT2D eigenvalue weighted by atomic mass is 10.2. The first-order valence-electron chi connectivity index (χ1n) is 8.11. The zero-order chi connectivity index (χ0) is 17.6. The molecule has 0 aliphatic carbocycles. The zero-order valence-electron chi connectivity index (χ0n) is 14.4. The average Bonchev–Trinajstić information content (AvgIpc) is 2.78. The number of rotatable bonds is 8. The molecule has 1 atom stereocenters. The maximum atomic E-state index is 12.0. The van der Waals surface area contributed by atoms with Crippen LogP contribution in [0, 0.1) is 0 Å². The van der Waals surface area contributed by atoms with Crippen molar-refractivity contribution in [3.63, 3.8) is 0 Å². The van der Waals surface area contributed by atoms with E-state index in [2.05, 4.69) is 27.3 Å². The largest absolute Gasteiger partial charge is 0.355 e. The minimum atomic E-state index is -3.54. The number of halogens is 1. The molecule has 7 nitrogen and oxygen atoms in total. The number of benzene rings is 1. The van der Waals surface area contributed by atoms with Gasteiger partial charge in [0.1, 0.15) is 5.84 Å². The van der Waals surface area contributed by atoms with Gasteiger partial charge in [0.15, 0.2) is 0 Å². The summed E-state index contributed by atoms with van der Waals surface area (Å²) in [7, 11) is -3.54. The SMILES string of the molecule is CCCNCCNC(=O)CC(C)N=C1NS(=O)(=O)c2ccccc21.Cl. The highest BCUT2D eigenvalue weighted by Gasteiger charge is 2.30. The highest BCUT2D eigenvalue weighted by Crippen LogP contribution is 2.22. The lowest BCUT2D eigenvalue weighted by Gasteiger charge is -2.09. The summed E-state index contributed by atoms with van der Waals surface area (Å²) in [6, 6.07) is 6.36. The number of hydrogen-bond donors (Lipinski definition) is 3. The Balaban J connectivity index is 0.00000312. The third-order valence-electron chi connectivity index (χ3n) is 3.54. The van der Waals surface area contributed by atoms with Gasteiger partial charge < -0.3 is 10.6 Å². The maximum absolute atomic E-state index is 12.0. The summed E-state index contributed by atoms with van der Waals surface area (Å²) in [6.45, 7) is 6.10. The van der Waals surface area contributed by atoms with Crippen LogP contribution in [0.2, 0.25) is 0 Å². The van der Waals surface area contributed by atoms with E-state index in [0.29, 0.717) is 17.9 Å². The molecule has 1 amide bonds. The summed E-state index contributed by atoms with van der Waals surface area (Å²) < 4.78 is 26.5. The van der Waals surface area contributed by atoms with Gasteiger partial charge in [-0.25, -0.2) is 8.42 Å². The molecular formula is C16H25ClN4O3S. The molecule has 0 radical (unpaired) electrons. The molecule has 1 aromatic rings. The molecule has 1 aliphatic rings. The van der Waals surface area contributed by atoms with Crippen molar-refractivity contribution in [2.45, 2.75) is 37.6 Å². The van der Waals surface area contributed by atoms with Crippen molar-refractivity contribution in [1.29, 1.82) is 0 Å². The van der Waals surface area contributed by atoms with E-state index in [0.717, 1.165) is 19.5 Å². The van der Waals surface area contributed by atoms with Gasteiger partial charge in [-0.05, 0) is 32.0 Å². The Hall–Kier alpha value is -1.64. The first kappa shape index (κ1) is 21.4. The van der Waals surface area contributed by atoms with Gasteiger partial charge in [-0.3, -0.25) is 14.5 Å². The number of hydrogen-bond acceptors (Lipinski definition) is 5. The second-order valence-electron chi connectivity index (χ2n) is 5.73. The highest BCUT2D eigenvalue weighted by molar-refractivity contribution is 7.90. The molecule has 25 heavy (non-hydrogen) atoms. The first-order chi connectivity index (χ1) is 11.4. The molecule has 140 valence electrons. The van der Waals surface area contributed by atoms with Crippen LogP contribution in [0.4, 0.5) is 0 Å². The van der Waals surface area contributed by atoms with Crippen LogP contribution in [0.15, 0.2) is 34.2 Å². The summed E-state index contributed by atoms with van der Waals surface area (Å²) in [5.41, 5.74) is 0.550. The van der Waals surface area contributed by atoms with Crippen molar-refractivity contribution in [3.05, 3.63) is 29.8 Å². The number of carbonyl (C=O) groups is 1. The molecule has 0 bridgehead atoms. The second kappa shape index (κ2) is 9.74. The quantitative estimate of drug-likeness (QED) is 0.579. The van der Waals surface area contributed by atoms with Gasteiger partial charge in [0.05, 0.1) is 10.9 Å². The molecule has 0 spiro atoms. The number of amides is 1. The molecule has 2 rings (SSSR count). The van der Waals surface area contributed by atoms with E-state index in [9.17, 15) is 13.2 Å². The van der Waals surface area contributed by atoms with Crippen LogP contribution in [0.5, 0.6) is 0 Å². The van der Waals surface area contributed by atoms with E-state index in [1.165, 1.54) is 0 Å². The predicted octanol–water partition coefficient (Wildman–Crippen LogP) is 1.04. The molecule has 9 heteroatoms. The van der Waals surface area contributed by atoms with Crippen LogP contribution in [-0.4, -0.2) is 45.8 Å². The third kappa shape index (κ3) is 5.98. The molecule has 0 saturated heterocycles. The number of carbonyl (C=O) groups excluding carboxylic acids is 1. The Labute approximate surface area is 155 Å². The van der Waals surface area contributed by atoms with Gasteiger partial charge in [-0.2, -0.15) is 0 Å². The summed E-state index contributed by atoms with van der Waals surface area (Å²) in [6.07, 6.45) is 1.26. The lowest BCUT2D eigenvalue weighted by molar-refractivity contribution is -0.121. The van der Waals surface area contributed by atoms with Gasteiger partial charge in [-0.15, -0.1) is 12.4 Å². The Morgan fingerprint density at radius 3 is 2.68 bits per heavy atom. The van der Waals surface area contributed by atoms with Crippen LogP contribution in [-0.2, 0) is 14.8 Å². The topological polar surface area (TPSA) is 99.7 Å². The van der Waals surface area contributed by atoms with E-state index >= 15 is 0 Å². The molecule has 1 unspecified atom stereocenters. The molecule has 0 fully saturated rings. The van der Waals surface area contributed by atoms with Crippen molar-refractivity contribution in [1.82, 2.24) is 15.4 Å². The normalized spacial score (nSPS) is 17.3. The fourth-order valence-electron chi connectivity index (χ4n) is 2.43. The van der Waals surface area contributed by atoms with Gasteiger partial charge in [0, 0.05) is 25.1 Å². The Morgan fingerprint density at radius 1 is 1.24 bits per heavy atom. The van der Waals surface area contributed by atoms with Crippen molar-refractivity contribution in [3.8, 4) is 0 Å². The van der Waals surface area contributed by atoms with Crippen LogP contribution in [0.3, 0.4) is 0 Å². The van der Waals surface area contributed by atoms with Crippen LogP contribution in [0.25, 0.3) is 0 Å². The summed E-state index contributed by atoms with van der Waals surface area (Å²) >= 11 is 0. The molecular weight excluding hydrogens is 364 g/mol. The van der Waals surface area contributed by atoms with E-state index in [1.54, 1.807) is 31.2 Å². The minimum absolute atomic E-state index is 0. The minimum Gasteiger partial charge on any atom is -0.355 e.